The zero-order valence-corrected chi connectivity index (χ0v) is 11.0. The van der Waals surface area contributed by atoms with Crippen LogP contribution in [0.4, 0.5) is 0 Å². The summed E-state index contributed by atoms with van der Waals surface area (Å²) in [7, 11) is 1.96. The maximum absolute atomic E-state index is 5.83. The van der Waals surface area contributed by atoms with Gasteiger partial charge in [-0.25, -0.2) is 0 Å². The molecule has 0 radical (unpaired) electrons. The van der Waals surface area contributed by atoms with E-state index in [-0.39, 0.29) is 12.1 Å². The van der Waals surface area contributed by atoms with Gasteiger partial charge in [-0.05, 0) is 24.7 Å². The topological polar surface area (TPSA) is 43.4 Å². The third-order valence-electron chi connectivity index (χ3n) is 3.54. The summed E-state index contributed by atoms with van der Waals surface area (Å²) in [5.41, 5.74) is 2.22. The molecule has 19 heavy (non-hydrogen) atoms. The second kappa shape index (κ2) is 5.65. The summed E-state index contributed by atoms with van der Waals surface area (Å²) in [5.74, 6) is 0. The van der Waals surface area contributed by atoms with Gasteiger partial charge in [-0.2, -0.15) is 0 Å². The van der Waals surface area contributed by atoms with Gasteiger partial charge in [-0.15, -0.1) is 0 Å². The number of hydrogen-bond donors (Lipinski definition) is 1. The Morgan fingerprint density at radius 2 is 2.21 bits per heavy atom. The summed E-state index contributed by atoms with van der Waals surface area (Å²) < 4.78 is 11.3. The molecule has 2 unspecified atom stereocenters. The predicted molar refractivity (Wildman–Crippen MR) is 74.1 cm³/mol. The van der Waals surface area contributed by atoms with Crippen molar-refractivity contribution in [3.63, 3.8) is 0 Å². The summed E-state index contributed by atoms with van der Waals surface area (Å²) in [6.07, 6.45) is 1.87. The number of pyridine rings is 1. The Hall–Kier alpha value is -1.49. The van der Waals surface area contributed by atoms with Crippen LogP contribution < -0.4 is 5.32 Å². The summed E-state index contributed by atoms with van der Waals surface area (Å²) in [4.78, 5) is 4.40. The van der Waals surface area contributed by atoms with Crippen LogP contribution >= 0.6 is 0 Å². The molecule has 0 amide bonds. The van der Waals surface area contributed by atoms with E-state index in [1.807, 2.05) is 31.4 Å². The zero-order valence-electron chi connectivity index (χ0n) is 11.0. The van der Waals surface area contributed by atoms with Crippen molar-refractivity contribution in [1.82, 2.24) is 10.3 Å². The number of nitrogens with zero attached hydrogens (tertiary/aromatic N) is 1. The number of likely N-dealkylation sites (N-methyl/N-ethyl adjacent to an activating group) is 1. The van der Waals surface area contributed by atoms with Crippen LogP contribution in [0.2, 0.25) is 0 Å². The minimum Gasteiger partial charge on any atom is -0.376 e. The Kier molecular flexibility index (Phi) is 3.73. The smallest absolute Gasteiger partial charge is 0.100 e. The number of rotatable bonds is 3. The summed E-state index contributed by atoms with van der Waals surface area (Å²) in [6.45, 7) is 1.97. The van der Waals surface area contributed by atoms with Gasteiger partial charge < -0.3 is 14.8 Å². The van der Waals surface area contributed by atoms with Crippen molar-refractivity contribution >= 4 is 10.9 Å². The second-order valence-corrected chi connectivity index (χ2v) is 4.67. The molecule has 1 fully saturated rings. The van der Waals surface area contributed by atoms with Crippen LogP contribution in [0.5, 0.6) is 0 Å². The van der Waals surface area contributed by atoms with Crippen molar-refractivity contribution < 1.29 is 9.47 Å². The molecule has 100 valence electrons. The maximum Gasteiger partial charge on any atom is 0.100 e. The maximum atomic E-state index is 5.83. The van der Waals surface area contributed by atoms with E-state index in [0.29, 0.717) is 19.8 Å². The van der Waals surface area contributed by atoms with E-state index in [9.17, 15) is 0 Å². The van der Waals surface area contributed by atoms with E-state index in [2.05, 4.69) is 22.4 Å². The number of benzene rings is 1. The van der Waals surface area contributed by atoms with Gasteiger partial charge in [0, 0.05) is 11.6 Å². The first-order valence-electron chi connectivity index (χ1n) is 6.60. The molecule has 4 nitrogen and oxygen atoms in total. The number of ether oxygens (including phenoxy) is 2. The highest BCUT2D eigenvalue weighted by Gasteiger charge is 2.26. The first kappa shape index (κ1) is 12.5. The molecule has 1 aromatic carbocycles. The van der Waals surface area contributed by atoms with E-state index < -0.39 is 0 Å². The Morgan fingerprint density at radius 1 is 1.26 bits per heavy atom. The zero-order chi connectivity index (χ0) is 13.1. The van der Waals surface area contributed by atoms with Crippen molar-refractivity contribution in [3.05, 3.63) is 42.1 Å². The van der Waals surface area contributed by atoms with Crippen molar-refractivity contribution in [3.8, 4) is 0 Å². The molecule has 0 spiro atoms. The molecule has 1 aromatic heterocycles. The molecule has 4 heteroatoms. The molecular formula is C15H18N2O2. The van der Waals surface area contributed by atoms with Gasteiger partial charge >= 0.3 is 0 Å². The van der Waals surface area contributed by atoms with Crippen molar-refractivity contribution in [2.24, 2.45) is 0 Å². The quantitative estimate of drug-likeness (QED) is 0.913. The van der Waals surface area contributed by atoms with Gasteiger partial charge in [-0.3, -0.25) is 4.98 Å². The molecule has 2 aromatic rings. The first-order valence-corrected chi connectivity index (χ1v) is 6.60. The Balaban J connectivity index is 2.00. The van der Waals surface area contributed by atoms with E-state index in [1.54, 1.807) is 0 Å². The normalized spacial score (nSPS) is 21.4. The second-order valence-electron chi connectivity index (χ2n) is 4.67. The minimum absolute atomic E-state index is 0.0459. The molecule has 2 atom stereocenters. The van der Waals surface area contributed by atoms with Crippen LogP contribution in [-0.4, -0.2) is 38.0 Å². The lowest BCUT2D eigenvalue weighted by atomic mass is 9.97. The molecule has 1 N–H and O–H groups in total. The summed E-state index contributed by atoms with van der Waals surface area (Å²) in [5, 5.41) is 4.51. The van der Waals surface area contributed by atoms with Gasteiger partial charge in [-0.1, -0.05) is 18.2 Å². The van der Waals surface area contributed by atoms with Crippen LogP contribution in [0.15, 0.2) is 36.5 Å². The molecule has 1 saturated heterocycles. The molecule has 1 aliphatic rings. The lowest BCUT2D eigenvalue weighted by Gasteiger charge is -2.31. The molecule has 1 aliphatic heterocycles. The highest BCUT2D eigenvalue weighted by atomic mass is 16.6. The van der Waals surface area contributed by atoms with Gasteiger partial charge in [0.1, 0.15) is 6.10 Å². The highest BCUT2D eigenvalue weighted by Crippen LogP contribution is 2.27. The van der Waals surface area contributed by atoms with Crippen molar-refractivity contribution in [2.75, 3.05) is 26.9 Å². The SMILES string of the molecule is CNC(c1cccc2ncccc12)C1COCCO1. The fourth-order valence-corrected chi connectivity index (χ4v) is 2.64. The number of aromatic nitrogens is 1. The third-order valence-corrected chi connectivity index (χ3v) is 3.54. The molecule has 0 aliphatic carbocycles. The van der Waals surface area contributed by atoms with Crippen molar-refractivity contribution in [1.29, 1.82) is 0 Å². The molecule has 3 rings (SSSR count). The van der Waals surface area contributed by atoms with E-state index in [1.165, 1.54) is 10.9 Å². The van der Waals surface area contributed by atoms with Gasteiger partial charge in [0.25, 0.3) is 0 Å². The molecular weight excluding hydrogens is 240 g/mol. The van der Waals surface area contributed by atoms with Gasteiger partial charge in [0.15, 0.2) is 0 Å². The number of nitrogens with one attached hydrogen (secondary N) is 1. The standard InChI is InChI=1S/C15H18N2O2/c1-16-15(14-10-18-8-9-19-14)12-4-2-6-13-11(12)5-3-7-17-13/h2-7,14-16H,8-10H2,1H3. The Bertz CT molecular complexity index is 547. The summed E-state index contributed by atoms with van der Waals surface area (Å²) in [6, 6.07) is 10.4. The van der Waals surface area contributed by atoms with Crippen molar-refractivity contribution in [2.45, 2.75) is 12.1 Å². The average molecular weight is 258 g/mol. The van der Waals surface area contributed by atoms with E-state index in [4.69, 9.17) is 9.47 Å². The lowest BCUT2D eigenvalue weighted by molar-refractivity contribution is -0.101. The Morgan fingerprint density at radius 3 is 3.00 bits per heavy atom. The van der Waals surface area contributed by atoms with E-state index >= 15 is 0 Å². The van der Waals surface area contributed by atoms with Gasteiger partial charge in [0.05, 0.1) is 31.4 Å². The van der Waals surface area contributed by atoms with E-state index in [0.717, 1.165) is 5.52 Å². The lowest BCUT2D eigenvalue weighted by Crippen LogP contribution is -2.39. The molecule has 0 bridgehead atoms. The predicted octanol–water partition coefficient (Wildman–Crippen LogP) is 1.91. The number of fused-ring (bicyclic) bond motifs is 1. The van der Waals surface area contributed by atoms with Crippen LogP contribution in [0, 0.1) is 0 Å². The highest BCUT2D eigenvalue weighted by molar-refractivity contribution is 5.82. The average Bonchev–Trinajstić information content (AvgIpc) is 2.49. The first-order chi connectivity index (χ1) is 9.40. The molecule has 0 saturated carbocycles. The van der Waals surface area contributed by atoms with Gasteiger partial charge in [0.2, 0.25) is 0 Å². The largest absolute Gasteiger partial charge is 0.376 e. The number of hydrogen-bond acceptors (Lipinski definition) is 4. The van der Waals surface area contributed by atoms with Crippen LogP contribution in [-0.2, 0) is 9.47 Å². The third kappa shape index (κ3) is 2.47. The fourth-order valence-electron chi connectivity index (χ4n) is 2.64. The summed E-state index contributed by atoms with van der Waals surface area (Å²) >= 11 is 0. The molecule has 2 heterocycles. The fraction of sp³-hybridized carbons (Fsp3) is 0.400. The minimum atomic E-state index is 0.0459. The van der Waals surface area contributed by atoms with Crippen LogP contribution in [0.1, 0.15) is 11.6 Å². The van der Waals surface area contributed by atoms with Crippen LogP contribution in [0.3, 0.4) is 0 Å². The van der Waals surface area contributed by atoms with Crippen LogP contribution in [0.25, 0.3) is 10.9 Å². The Labute approximate surface area is 112 Å². The monoisotopic (exact) mass is 258 g/mol.